The zero-order chi connectivity index (χ0) is 22.7. The standard InChI is InChI=1S/C23H28N6O3/c1-5-31-16-9-10-18(25-14-16)21-28-27-20(29(21)19-8-6-7-11-24-19)15-12-17(13-15)32-22(30)26-23(2,3)4/h6-11,14-15,17H,5,12-13H2,1-4H3,(H,26,30). The lowest BCUT2D eigenvalue weighted by molar-refractivity contribution is 0.0335. The van der Waals surface area contributed by atoms with Crippen molar-refractivity contribution in [3.05, 3.63) is 48.5 Å². The number of alkyl carbamates (subject to hydrolysis) is 1. The van der Waals surface area contributed by atoms with Gasteiger partial charge in [0.25, 0.3) is 0 Å². The first-order chi connectivity index (χ1) is 15.3. The van der Waals surface area contributed by atoms with Crippen LogP contribution in [0.15, 0.2) is 42.7 Å². The highest BCUT2D eigenvalue weighted by molar-refractivity contribution is 5.68. The van der Waals surface area contributed by atoms with Crippen LogP contribution >= 0.6 is 0 Å². The van der Waals surface area contributed by atoms with Crippen LogP contribution in [-0.4, -0.2) is 49.1 Å². The number of aromatic nitrogens is 5. The SMILES string of the molecule is CCOc1ccc(-c2nnc(C3CC(OC(=O)NC(C)(C)C)C3)n2-c2ccccn2)nc1. The summed E-state index contributed by atoms with van der Waals surface area (Å²) < 4.78 is 13.0. The van der Waals surface area contributed by atoms with Gasteiger partial charge in [-0.15, -0.1) is 10.2 Å². The molecular weight excluding hydrogens is 408 g/mol. The van der Waals surface area contributed by atoms with Crippen molar-refractivity contribution in [3.63, 3.8) is 0 Å². The lowest BCUT2D eigenvalue weighted by Gasteiger charge is -2.34. The van der Waals surface area contributed by atoms with Crippen LogP contribution in [0, 0.1) is 0 Å². The fraction of sp³-hybridized carbons (Fsp3) is 0.435. The lowest BCUT2D eigenvalue weighted by atomic mass is 9.81. The molecule has 1 saturated carbocycles. The zero-order valence-corrected chi connectivity index (χ0v) is 18.8. The van der Waals surface area contributed by atoms with Gasteiger partial charge in [-0.2, -0.15) is 0 Å². The van der Waals surface area contributed by atoms with Crippen molar-refractivity contribution in [1.82, 2.24) is 30.0 Å². The molecule has 1 fully saturated rings. The van der Waals surface area contributed by atoms with E-state index in [4.69, 9.17) is 9.47 Å². The number of hydrogen-bond donors (Lipinski definition) is 1. The third kappa shape index (κ3) is 4.87. The van der Waals surface area contributed by atoms with Gasteiger partial charge in [0.1, 0.15) is 29.2 Å². The molecule has 0 unspecified atom stereocenters. The van der Waals surface area contributed by atoms with Gasteiger partial charge in [0.2, 0.25) is 0 Å². The summed E-state index contributed by atoms with van der Waals surface area (Å²) in [5.74, 6) is 2.91. The Morgan fingerprint density at radius 1 is 1.16 bits per heavy atom. The van der Waals surface area contributed by atoms with Crippen LogP contribution < -0.4 is 10.1 Å². The van der Waals surface area contributed by atoms with Gasteiger partial charge in [-0.3, -0.25) is 4.57 Å². The van der Waals surface area contributed by atoms with Gasteiger partial charge in [-0.1, -0.05) is 6.07 Å². The Hall–Kier alpha value is -3.49. The van der Waals surface area contributed by atoms with E-state index in [2.05, 4.69) is 25.5 Å². The highest BCUT2D eigenvalue weighted by atomic mass is 16.6. The zero-order valence-electron chi connectivity index (χ0n) is 18.8. The summed E-state index contributed by atoms with van der Waals surface area (Å²) in [5.41, 5.74) is 0.341. The van der Waals surface area contributed by atoms with E-state index in [0.717, 1.165) is 5.82 Å². The Morgan fingerprint density at radius 3 is 2.59 bits per heavy atom. The monoisotopic (exact) mass is 436 g/mol. The summed E-state index contributed by atoms with van der Waals surface area (Å²) in [6.07, 6.45) is 4.22. The molecule has 0 bridgehead atoms. The molecule has 3 heterocycles. The van der Waals surface area contributed by atoms with Crippen molar-refractivity contribution in [1.29, 1.82) is 0 Å². The van der Waals surface area contributed by atoms with E-state index in [1.54, 1.807) is 12.4 Å². The molecule has 32 heavy (non-hydrogen) atoms. The molecule has 4 rings (SSSR count). The number of nitrogens with one attached hydrogen (secondary N) is 1. The van der Waals surface area contributed by atoms with Gasteiger partial charge in [-0.25, -0.2) is 14.8 Å². The van der Waals surface area contributed by atoms with Crippen molar-refractivity contribution >= 4 is 6.09 Å². The molecule has 3 aromatic rings. The first-order valence-corrected chi connectivity index (χ1v) is 10.8. The minimum absolute atomic E-state index is 0.105. The average Bonchev–Trinajstić information content (AvgIpc) is 3.15. The normalized spacial score (nSPS) is 18.0. The Balaban J connectivity index is 1.56. The molecule has 1 N–H and O–H groups in total. The minimum Gasteiger partial charge on any atom is -0.492 e. The maximum Gasteiger partial charge on any atom is 0.407 e. The lowest BCUT2D eigenvalue weighted by Crippen LogP contribution is -2.44. The van der Waals surface area contributed by atoms with E-state index < -0.39 is 6.09 Å². The number of carbonyl (C=O) groups excluding carboxylic acids is 1. The molecular formula is C23H28N6O3. The highest BCUT2D eigenvalue weighted by Gasteiger charge is 2.38. The van der Waals surface area contributed by atoms with E-state index in [1.807, 2.05) is 62.6 Å². The van der Waals surface area contributed by atoms with Crippen molar-refractivity contribution in [2.75, 3.05) is 6.61 Å². The number of pyridine rings is 2. The molecule has 168 valence electrons. The quantitative estimate of drug-likeness (QED) is 0.625. The van der Waals surface area contributed by atoms with Crippen molar-refractivity contribution < 1.29 is 14.3 Å². The second-order valence-corrected chi connectivity index (χ2v) is 8.79. The van der Waals surface area contributed by atoms with Crippen LogP contribution in [0.1, 0.15) is 52.3 Å². The van der Waals surface area contributed by atoms with Gasteiger partial charge in [0.15, 0.2) is 5.82 Å². The van der Waals surface area contributed by atoms with Crippen molar-refractivity contribution in [3.8, 4) is 23.1 Å². The van der Waals surface area contributed by atoms with E-state index in [-0.39, 0.29) is 17.6 Å². The highest BCUT2D eigenvalue weighted by Crippen LogP contribution is 2.39. The van der Waals surface area contributed by atoms with Crippen LogP contribution in [0.3, 0.4) is 0 Å². The van der Waals surface area contributed by atoms with Gasteiger partial charge in [0.05, 0.1) is 12.8 Å². The molecule has 0 spiro atoms. The molecule has 0 saturated heterocycles. The number of nitrogens with zero attached hydrogens (tertiary/aromatic N) is 5. The first-order valence-electron chi connectivity index (χ1n) is 10.8. The summed E-state index contributed by atoms with van der Waals surface area (Å²) in [6, 6.07) is 9.43. The Morgan fingerprint density at radius 2 is 1.97 bits per heavy atom. The average molecular weight is 437 g/mol. The second kappa shape index (κ2) is 8.94. The van der Waals surface area contributed by atoms with Crippen LogP contribution in [0.2, 0.25) is 0 Å². The minimum atomic E-state index is -0.397. The maximum atomic E-state index is 12.1. The Kier molecular flexibility index (Phi) is 6.07. The fourth-order valence-corrected chi connectivity index (χ4v) is 3.56. The van der Waals surface area contributed by atoms with Crippen LogP contribution in [-0.2, 0) is 4.74 Å². The van der Waals surface area contributed by atoms with Crippen LogP contribution in [0.4, 0.5) is 4.79 Å². The Labute approximate surface area is 187 Å². The first kappa shape index (κ1) is 21.7. The second-order valence-electron chi connectivity index (χ2n) is 8.79. The molecule has 0 aromatic carbocycles. The molecule has 1 amide bonds. The third-order valence-electron chi connectivity index (χ3n) is 5.05. The number of rotatable bonds is 6. The molecule has 9 nitrogen and oxygen atoms in total. The topological polar surface area (TPSA) is 104 Å². The molecule has 1 aliphatic carbocycles. The van der Waals surface area contributed by atoms with Crippen LogP contribution in [0.5, 0.6) is 5.75 Å². The molecule has 9 heteroatoms. The van der Waals surface area contributed by atoms with E-state index in [1.165, 1.54) is 0 Å². The molecule has 0 atom stereocenters. The summed E-state index contributed by atoms with van der Waals surface area (Å²) >= 11 is 0. The predicted octanol–water partition coefficient (Wildman–Crippen LogP) is 3.89. The Bertz CT molecular complexity index is 1050. The van der Waals surface area contributed by atoms with Gasteiger partial charge >= 0.3 is 6.09 Å². The number of carbonyl (C=O) groups is 1. The van der Waals surface area contributed by atoms with Gasteiger partial charge in [0, 0.05) is 17.7 Å². The molecule has 0 radical (unpaired) electrons. The predicted molar refractivity (Wildman–Crippen MR) is 119 cm³/mol. The number of amides is 1. The smallest absolute Gasteiger partial charge is 0.407 e. The van der Waals surface area contributed by atoms with Gasteiger partial charge < -0.3 is 14.8 Å². The number of hydrogen-bond acceptors (Lipinski definition) is 7. The summed E-state index contributed by atoms with van der Waals surface area (Å²) in [7, 11) is 0. The molecule has 0 aliphatic heterocycles. The number of ether oxygens (including phenoxy) is 2. The largest absolute Gasteiger partial charge is 0.492 e. The summed E-state index contributed by atoms with van der Waals surface area (Å²) in [6.45, 7) is 8.27. The van der Waals surface area contributed by atoms with E-state index in [9.17, 15) is 4.79 Å². The van der Waals surface area contributed by atoms with E-state index in [0.29, 0.717) is 42.5 Å². The van der Waals surface area contributed by atoms with Crippen molar-refractivity contribution in [2.24, 2.45) is 0 Å². The van der Waals surface area contributed by atoms with Crippen LogP contribution in [0.25, 0.3) is 17.3 Å². The van der Waals surface area contributed by atoms with E-state index >= 15 is 0 Å². The summed E-state index contributed by atoms with van der Waals surface area (Å²) in [4.78, 5) is 21.1. The van der Waals surface area contributed by atoms with Crippen molar-refractivity contribution in [2.45, 2.75) is 58.1 Å². The van der Waals surface area contributed by atoms with Gasteiger partial charge in [-0.05, 0) is 64.8 Å². The fourth-order valence-electron chi connectivity index (χ4n) is 3.56. The summed E-state index contributed by atoms with van der Waals surface area (Å²) in [5, 5.41) is 11.7. The maximum absolute atomic E-state index is 12.1. The molecule has 3 aromatic heterocycles. The molecule has 1 aliphatic rings. The third-order valence-corrected chi connectivity index (χ3v) is 5.05.